The Kier molecular flexibility index (Phi) is 5.94. The lowest BCUT2D eigenvalue weighted by Crippen LogP contribution is -2.23. The van der Waals surface area contributed by atoms with Crippen molar-refractivity contribution >= 4 is 0 Å². The molecule has 0 heterocycles. The van der Waals surface area contributed by atoms with E-state index in [1.54, 1.807) is 6.08 Å². The van der Waals surface area contributed by atoms with Gasteiger partial charge in [0.2, 0.25) is 0 Å². The highest BCUT2D eigenvalue weighted by molar-refractivity contribution is 5.19. The van der Waals surface area contributed by atoms with Gasteiger partial charge >= 0.3 is 0 Å². The van der Waals surface area contributed by atoms with E-state index in [-0.39, 0.29) is 0 Å². The molecule has 4 unspecified atom stereocenters. The van der Waals surface area contributed by atoms with Gasteiger partial charge in [-0.15, -0.1) is 0 Å². The van der Waals surface area contributed by atoms with E-state index in [0.717, 1.165) is 23.3 Å². The van der Waals surface area contributed by atoms with E-state index in [0.29, 0.717) is 12.2 Å². The first kappa shape index (κ1) is 14.5. The minimum Gasteiger partial charge on any atom is -0.216 e. The molecule has 1 heteroatoms. The Morgan fingerprint density at radius 3 is 2.59 bits per heavy atom. The molecule has 1 rings (SSSR count). The Hall–Kier alpha value is -0.590. The zero-order valence-corrected chi connectivity index (χ0v) is 11.7. The molecule has 17 heavy (non-hydrogen) atoms. The molecule has 1 aliphatic carbocycles. The van der Waals surface area contributed by atoms with Crippen molar-refractivity contribution in [1.82, 2.24) is 0 Å². The predicted molar refractivity (Wildman–Crippen MR) is 73.5 cm³/mol. The Bertz CT molecular complexity index is 277. The van der Waals surface area contributed by atoms with Gasteiger partial charge in [0.1, 0.15) is 0 Å². The van der Waals surface area contributed by atoms with Crippen molar-refractivity contribution in [2.24, 2.45) is 23.7 Å². The van der Waals surface area contributed by atoms with Gasteiger partial charge in [-0.1, -0.05) is 33.3 Å². The fraction of sp³-hybridized carbons (Fsp3) is 0.750. The summed E-state index contributed by atoms with van der Waals surface area (Å²) in [5.41, 5.74) is 1.14. The van der Waals surface area contributed by atoms with Crippen molar-refractivity contribution in [3.63, 3.8) is 0 Å². The van der Waals surface area contributed by atoms with E-state index in [9.17, 15) is 4.39 Å². The minimum atomic E-state index is 0.479. The maximum absolute atomic E-state index is 12.3. The van der Waals surface area contributed by atoms with Crippen LogP contribution in [-0.2, 0) is 0 Å². The van der Waals surface area contributed by atoms with Crippen LogP contribution in [0.15, 0.2) is 24.1 Å². The molecule has 0 aromatic rings. The molecule has 0 bridgehead atoms. The number of rotatable bonds is 4. The SMILES string of the molecule is C/C=C(\C=C\F)C(C)CC1CCC(C)CC1C. The summed E-state index contributed by atoms with van der Waals surface area (Å²) in [5, 5.41) is 0. The lowest BCUT2D eigenvalue weighted by Gasteiger charge is -2.34. The van der Waals surface area contributed by atoms with Gasteiger partial charge in [0.25, 0.3) is 0 Å². The standard InChI is InChI=1S/C16H27F/c1-5-15(8-9-17)14(4)11-16-7-6-12(2)10-13(16)3/h5,8-9,12-14,16H,6-7,10-11H2,1-4H3/b9-8+,15-5+. The molecule has 1 saturated carbocycles. The third kappa shape index (κ3) is 4.29. The van der Waals surface area contributed by atoms with Crippen LogP contribution in [0.3, 0.4) is 0 Å². The Balaban J connectivity index is 2.53. The van der Waals surface area contributed by atoms with Gasteiger partial charge < -0.3 is 0 Å². The highest BCUT2D eigenvalue weighted by Crippen LogP contribution is 2.38. The van der Waals surface area contributed by atoms with Gasteiger partial charge in [0.15, 0.2) is 0 Å². The summed E-state index contributed by atoms with van der Waals surface area (Å²) in [7, 11) is 0. The monoisotopic (exact) mass is 238 g/mol. The summed E-state index contributed by atoms with van der Waals surface area (Å²) in [5.74, 6) is 3.02. The molecule has 4 atom stereocenters. The Morgan fingerprint density at radius 2 is 2.06 bits per heavy atom. The maximum atomic E-state index is 12.3. The van der Waals surface area contributed by atoms with Crippen molar-refractivity contribution < 1.29 is 4.39 Å². The molecule has 0 radical (unpaired) electrons. The van der Waals surface area contributed by atoms with E-state index in [1.165, 1.54) is 25.7 Å². The highest BCUT2D eigenvalue weighted by Gasteiger charge is 2.26. The van der Waals surface area contributed by atoms with Gasteiger partial charge in [-0.25, -0.2) is 4.39 Å². The molecular weight excluding hydrogens is 211 g/mol. The average molecular weight is 238 g/mol. The summed E-state index contributed by atoms with van der Waals surface area (Å²) in [4.78, 5) is 0. The quantitative estimate of drug-likeness (QED) is 0.566. The van der Waals surface area contributed by atoms with Crippen molar-refractivity contribution in [1.29, 1.82) is 0 Å². The van der Waals surface area contributed by atoms with Crippen molar-refractivity contribution in [2.45, 2.75) is 53.4 Å². The van der Waals surface area contributed by atoms with E-state index in [1.807, 2.05) is 13.0 Å². The molecule has 0 nitrogen and oxygen atoms in total. The molecule has 98 valence electrons. The van der Waals surface area contributed by atoms with Crippen LogP contribution in [0.2, 0.25) is 0 Å². The number of allylic oxidation sites excluding steroid dienone is 3. The van der Waals surface area contributed by atoms with Gasteiger partial charge in [-0.2, -0.15) is 0 Å². The molecule has 0 N–H and O–H groups in total. The predicted octanol–water partition coefficient (Wildman–Crippen LogP) is 5.51. The number of hydrogen-bond donors (Lipinski definition) is 0. The molecular formula is C16H27F. The van der Waals surface area contributed by atoms with Crippen molar-refractivity contribution in [2.75, 3.05) is 0 Å². The second-order valence-electron chi connectivity index (χ2n) is 5.87. The topological polar surface area (TPSA) is 0 Å². The molecule has 1 aliphatic rings. The highest BCUT2D eigenvalue weighted by atomic mass is 19.1. The lowest BCUT2D eigenvalue weighted by atomic mass is 9.71. The molecule has 1 fully saturated rings. The first-order valence-electron chi connectivity index (χ1n) is 7.01. The molecule has 0 aliphatic heterocycles. The summed E-state index contributed by atoms with van der Waals surface area (Å²) < 4.78 is 12.3. The molecule has 0 aromatic heterocycles. The summed E-state index contributed by atoms with van der Waals surface area (Å²) in [6.45, 7) is 8.96. The number of hydrogen-bond acceptors (Lipinski definition) is 0. The summed E-state index contributed by atoms with van der Waals surface area (Å²) in [6.07, 6.45) is 9.60. The lowest BCUT2D eigenvalue weighted by molar-refractivity contribution is 0.182. The third-order valence-electron chi connectivity index (χ3n) is 4.42. The smallest absolute Gasteiger partial charge is 0.0869 e. The van der Waals surface area contributed by atoms with Crippen LogP contribution >= 0.6 is 0 Å². The molecule has 0 saturated heterocycles. The normalized spacial score (nSPS) is 33.0. The largest absolute Gasteiger partial charge is 0.216 e. The maximum Gasteiger partial charge on any atom is 0.0869 e. The first-order valence-corrected chi connectivity index (χ1v) is 7.01. The second-order valence-corrected chi connectivity index (χ2v) is 5.87. The fourth-order valence-corrected chi connectivity index (χ4v) is 3.29. The number of halogens is 1. The Morgan fingerprint density at radius 1 is 1.35 bits per heavy atom. The van der Waals surface area contributed by atoms with Gasteiger partial charge in [0, 0.05) is 0 Å². The Labute approximate surface area is 106 Å². The van der Waals surface area contributed by atoms with Crippen LogP contribution in [0, 0.1) is 23.7 Å². The van der Waals surface area contributed by atoms with Crippen molar-refractivity contribution in [3.8, 4) is 0 Å². The summed E-state index contributed by atoms with van der Waals surface area (Å²) in [6, 6.07) is 0. The van der Waals surface area contributed by atoms with Crippen molar-refractivity contribution in [3.05, 3.63) is 24.1 Å². The molecule has 0 amide bonds. The van der Waals surface area contributed by atoms with E-state index in [2.05, 4.69) is 20.8 Å². The van der Waals surface area contributed by atoms with Gasteiger partial charge in [-0.05, 0) is 61.5 Å². The van der Waals surface area contributed by atoms with E-state index < -0.39 is 0 Å². The molecule has 0 spiro atoms. The van der Waals surface area contributed by atoms with Gasteiger partial charge in [0.05, 0.1) is 6.33 Å². The van der Waals surface area contributed by atoms with Crippen LogP contribution in [0.4, 0.5) is 4.39 Å². The van der Waals surface area contributed by atoms with E-state index in [4.69, 9.17) is 0 Å². The zero-order chi connectivity index (χ0) is 12.8. The first-order chi connectivity index (χ1) is 8.08. The second kappa shape index (κ2) is 6.98. The van der Waals surface area contributed by atoms with Crippen LogP contribution < -0.4 is 0 Å². The fourth-order valence-electron chi connectivity index (χ4n) is 3.29. The minimum absolute atomic E-state index is 0.479. The third-order valence-corrected chi connectivity index (χ3v) is 4.42. The summed E-state index contributed by atoms with van der Waals surface area (Å²) >= 11 is 0. The zero-order valence-electron chi connectivity index (χ0n) is 11.7. The van der Waals surface area contributed by atoms with Crippen LogP contribution in [-0.4, -0.2) is 0 Å². The van der Waals surface area contributed by atoms with E-state index >= 15 is 0 Å². The molecule has 0 aromatic carbocycles. The average Bonchev–Trinajstić information content (AvgIpc) is 2.29. The van der Waals surface area contributed by atoms with Crippen LogP contribution in [0.25, 0.3) is 0 Å². The van der Waals surface area contributed by atoms with Gasteiger partial charge in [-0.3, -0.25) is 0 Å². The van der Waals surface area contributed by atoms with Crippen LogP contribution in [0.1, 0.15) is 53.4 Å². The van der Waals surface area contributed by atoms with Crippen LogP contribution in [0.5, 0.6) is 0 Å².